The molecule has 1 aliphatic heterocycles. The van der Waals surface area contributed by atoms with E-state index in [-0.39, 0.29) is 19.1 Å². The normalized spacial score (nSPS) is 18.1. The highest BCUT2D eigenvalue weighted by Gasteiger charge is 2.32. The maximum atomic E-state index is 12.2. The molecule has 0 saturated carbocycles. The van der Waals surface area contributed by atoms with Gasteiger partial charge in [-0.3, -0.25) is 9.59 Å². The number of amides is 2. The third-order valence-electron chi connectivity index (χ3n) is 3.71. The van der Waals surface area contributed by atoms with Gasteiger partial charge in [0.15, 0.2) is 6.61 Å². The van der Waals surface area contributed by atoms with Crippen molar-refractivity contribution in [1.82, 2.24) is 10.2 Å². The Kier molecular flexibility index (Phi) is 6.05. The monoisotopic (exact) mass is 344 g/mol. The molecule has 1 saturated heterocycles. The number of para-hydroxylation sites is 1. The Bertz CT molecular complexity index is 563. The average molecular weight is 344 g/mol. The van der Waals surface area contributed by atoms with Crippen LogP contribution in [0.15, 0.2) is 30.3 Å². The zero-order valence-electron chi connectivity index (χ0n) is 13.0. The minimum atomic E-state index is -4.44. The van der Waals surface area contributed by atoms with Gasteiger partial charge in [0.05, 0.1) is 5.92 Å². The lowest BCUT2D eigenvalue weighted by Crippen LogP contribution is -2.48. The van der Waals surface area contributed by atoms with Crippen molar-refractivity contribution in [3.63, 3.8) is 0 Å². The van der Waals surface area contributed by atoms with E-state index < -0.39 is 24.5 Å². The van der Waals surface area contributed by atoms with Gasteiger partial charge in [-0.15, -0.1) is 0 Å². The second kappa shape index (κ2) is 8.03. The lowest BCUT2D eigenvalue weighted by Gasteiger charge is -2.32. The second-order valence-electron chi connectivity index (χ2n) is 5.61. The van der Waals surface area contributed by atoms with Crippen molar-refractivity contribution in [2.45, 2.75) is 19.0 Å². The SMILES string of the molecule is O=C(NCC(F)(F)F)[C@@H]1CCCN(C(=O)COc2ccccc2)C1. The van der Waals surface area contributed by atoms with E-state index in [2.05, 4.69) is 0 Å². The van der Waals surface area contributed by atoms with Crippen LogP contribution < -0.4 is 10.1 Å². The number of ether oxygens (including phenoxy) is 1. The number of likely N-dealkylation sites (tertiary alicyclic amines) is 1. The standard InChI is InChI=1S/C16H19F3N2O3/c17-16(18,19)11-20-15(23)12-5-4-8-21(9-12)14(22)10-24-13-6-2-1-3-7-13/h1-3,6-7,12H,4-5,8-11H2,(H,20,23)/t12-/m1/s1. The topological polar surface area (TPSA) is 58.6 Å². The highest BCUT2D eigenvalue weighted by atomic mass is 19.4. The van der Waals surface area contributed by atoms with Crippen LogP contribution in [0, 0.1) is 5.92 Å². The molecule has 132 valence electrons. The number of piperidine rings is 1. The molecule has 0 aromatic heterocycles. The summed E-state index contributed by atoms with van der Waals surface area (Å²) in [6.45, 7) is -0.936. The van der Waals surface area contributed by atoms with Crippen LogP contribution in [0.2, 0.25) is 0 Å². The molecule has 1 fully saturated rings. The number of benzene rings is 1. The quantitative estimate of drug-likeness (QED) is 0.889. The van der Waals surface area contributed by atoms with Crippen LogP contribution in [0.5, 0.6) is 5.75 Å². The van der Waals surface area contributed by atoms with Gasteiger partial charge in [0, 0.05) is 13.1 Å². The third kappa shape index (κ3) is 5.75. The van der Waals surface area contributed by atoms with Crippen LogP contribution in [0.4, 0.5) is 13.2 Å². The number of rotatable bonds is 5. The maximum Gasteiger partial charge on any atom is 0.405 e. The minimum Gasteiger partial charge on any atom is -0.484 e. The first-order valence-corrected chi connectivity index (χ1v) is 7.65. The number of nitrogens with one attached hydrogen (secondary N) is 1. The van der Waals surface area contributed by atoms with E-state index in [9.17, 15) is 22.8 Å². The fraction of sp³-hybridized carbons (Fsp3) is 0.500. The highest BCUT2D eigenvalue weighted by molar-refractivity contribution is 5.82. The Balaban J connectivity index is 1.81. The molecular formula is C16H19F3N2O3. The van der Waals surface area contributed by atoms with Gasteiger partial charge in [-0.1, -0.05) is 18.2 Å². The molecule has 0 radical (unpaired) electrons. The van der Waals surface area contributed by atoms with Crippen LogP contribution in [0.25, 0.3) is 0 Å². The first-order valence-electron chi connectivity index (χ1n) is 7.65. The summed E-state index contributed by atoms with van der Waals surface area (Å²) in [4.78, 5) is 25.4. The summed E-state index contributed by atoms with van der Waals surface area (Å²) >= 11 is 0. The number of hydrogen-bond donors (Lipinski definition) is 1. The van der Waals surface area contributed by atoms with Crippen molar-refractivity contribution >= 4 is 11.8 Å². The Hall–Kier alpha value is -2.25. The molecule has 5 nitrogen and oxygen atoms in total. The van der Waals surface area contributed by atoms with Gasteiger partial charge in [0.2, 0.25) is 5.91 Å². The number of carbonyl (C=O) groups is 2. The zero-order valence-corrected chi connectivity index (χ0v) is 13.0. The fourth-order valence-electron chi connectivity index (χ4n) is 2.50. The first-order chi connectivity index (χ1) is 11.3. The van der Waals surface area contributed by atoms with Crippen molar-refractivity contribution in [3.05, 3.63) is 30.3 Å². The molecule has 0 unspecified atom stereocenters. The highest BCUT2D eigenvalue weighted by Crippen LogP contribution is 2.18. The van der Waals surface area contributed by atoms with Crippen molar-refractivity contribution in [1.29, 1.82) is 0 Å². The predicted molar refractivity (Wildman–Crippen MR) is 80.3 cm³/mol. The van der Waals surface area contributed by atoms with Gasteiger partial charge >= 0.3 is 6.18 Å². The van der Waals surface area contributed by atoms with Crippen LogP contribution >= 0.6 is 0 Å². The lowest BCUT2D eigenvalue weighted by molar-refractivity contribution is -0.144. The Morgan fingerprint density at radius 1 is 1.25 bits per heavy atom. The van der Waals surface area contributed by atoms with Gasteiger partial charge in [0.1, 0.15) is 12.3 Å². The minimum absolute atomic E-state index is 0.112. The summed E-state index contributed by atoms with van der Waals surface area (Å²) in [6, 6.07) is 8.82. The summed E-state index contributed by atoms with van der Waals surface area (Å²) in [7, 11) is 0. The second-order valence-corrected chi connectivity index (χ2v) is 5.61. The molecule has 1 aromatic carbocycles. The largest absolute Gasteiger partial charge is 0.484 e. The summed E-state index contributed by atoms with van der Waals surface area (Å²) < 4.78 is 41.8. The summed E-state index contributed by atoms with van der Waals surface area (Å²) in [5.74, 6) is -1.02. The molecule has 2 rings (SSSR count). The molecule has 0 spiro atoms. The number of carbonyl (C=O) groups excluding carboxylic acids is 2. The molecule has 0 bridgehead atoms. The number of nitrogens with zero attached hydrogens (tertiary/aromatic N) is 1. The van der Waals surface area contributed by atoms with Gasteiger partial charge in [0.25, 0.3) is 5.91 Å². The van der Waals surface area contributed by atoms with Crippen molar-refractivity contribution in [2.24, 2.45) is 5.92 Å². The predicted octanol–water partition coefficient (Wildman–Crippen LogP) is 1.98. The molecule has 1 heterocycles. The van der Waals surface area contributed by atoms with E-state index in [0.717, 1.165) is 0 Å². The van der Waals surface area contributed by atoms with E-state index in [4.69, 9.17) is 4.74 Å². The first kappa shape index (κ1) is 18.1. The Morgan fingerprint density at radius 3 is 2.62 bits per heavy atom. The summed E-state index contributed by atoms with van der Waals surface area (Å²) in [5.41, 5.74) is 0. The van der Waals surface area contributed by atoms with E-state index in [1.54, 1.807) is 24.3 Å². The average Bonchev–Trinajstić information content (AvgIpc) is 2.58. The molecular weight excluding hydrogens is 325 g/mol. The number of alkyl halides is 3. The van der Waals surface area contributed by atoms with E-state index in [0.29, 0.717) is 25.1 Å². The summed E-state index contributed by atoms with van der Waals surface area (Å²) in [6.07, 6.45) is -3.41. The van der Waals surface area contributed by atoms with Crippen LogP contribution in [-0.4, -0.2) is 49.1 Å². The van der Waals surface area contributed by atoms with Crippen LogP contribution in [-0.2, 0) is 9.59 Å². The number of halogens is 3. The molecule has 1 aliphatic rings. The van der Waals surface area contributed by atoms with E-state index in [1.165, 1.54) is 4.90 Å². The Morgan fingerprint density at radius 2 is 1.96 bits per heavy atom. The van der Waals surface area contributed by atoms with Gasteiger partial charge in [-0.2, -0.15) is 13.2 Å². The molecule has 1 aromatic rings. The maximum absolute atomic E-state index is 12.2. The Labute approximate surface area is 137 Å². The molecule has 2 amide bonds. The fourth-order valence-corrected chi connectivity index (χ4v) is 2.50. The molecule has 24 heavy (non-hydrogen) atoms. The van der Waals surface area contributed by atoms with Crippen molar-refractivity contribution in [3.8, 4) is 5.75 Å². The molecule has 1 atom stereocenters. The van der Waals surface area contributed by atoms with Crippen molar-refractivity contribution < 1.29 is 27.5 Å². The van der Waals surface area contributed by atoms with Gasteiger partial charge in [-0.25, -0.2) is 0 Å². The molecule has 8 heteroatoms. The molecule has 1 N–H and O–H groups in total. The molecule has 0 aliphatic carbocycles. The third-order valence-corrected chi connectivity index (χ3v) is 3.71. The number of hydrogen-bond acceptors (Lipinski definition) is 3. The van der Waals surface area contributed by atoms with Crippen LogP contribution in [0.3, 0.4) is 0 Å². The summed E-state index contributed by atoms with van der Waals surface area (Å²) in [5, 5.41) is 1.88. The van der Waals surface area contributed by atoms with Gasteiger partial charge in [-0.05, 0) is 25.0 Å². The van der Waals surface area contributed by atoms with Gasteiger partial charge < -0.3 is 15.0 Å². The smallest absolute Gasteiger partial charge is 0.405 e. The lowest BCUT2D eigenvalue weighted by atomic mass is 9.97. The van der Waals surface area contributed by atoms with Crippen LogP contribution in [0.1, 0.15) is 12.8 Å². The van der Waals surface area contributed by atoms with E-state index >= 15 is 0 Å². The van der Waals surface area contributed by atoms with E-state index in [1.807, 2.05) is 11.4 Å². The van der Waals surface area contributed by atoms with Crippen molar-refractivity contribution in [2.75, 3.05) is 26.2 Å². The zero-order chi connectivity index (χ0) is 17.6.